The fourth-order valence-electron chi connectivity index (χ4n) is 3.83. The van der Waals surface area contributed by atoms with Crippen LogP contribution in [0.5, 0.6) is 0 Å². The molecule has 1 aromatic carbocycles. The minimum atomic E-state index is -0.757. The molecule has 1 aliphatic rings. The van der Waals surface area contributed by atoms with Gasteiger partial charge in [-0.05, 0) is 48.5 Å². The summed E-state index contributed by atoms with van der Waals surface area (Å²) in [5, 5.41) is 12.3. The molecular formula is C28H21NO5S2. The zero-order valence-electron chi connectivity index (χ0n) is 19.1. The molecule has 1 amide bonds. The van der Waals surface area contributed by atoms with Crippen molar-refractivity contribution in [3.05, 3.63) is 88.0 Å². The quantitative estimate of drug-likeness (QED) is 0.256. The van der Waals surface area contributed by atoms with Crippen LogP contribution in [-0.2, 0) is 21.6 Å². The normalized spacial score (nSPS) is 13.4. The fraction of sp³-hybridized carbons (Fsp3) is 0.143. The molecule has 3 heterocycles. The summed E-state index contributed by atoms with van der Waals surface area (Å²) >= 11 is 3.00. The van der Waals surface area contributed by atoms with Crippen LogP contribution in [-0.4, -0.2) is 17.2 Å². The monoisotopic (exact) mass is 515 g/mol. The summed E-state index contributed by atoms with van der Waals surface area (Å²) in [6.07, 6.45) is 3.82. The Hall–Kier alpha value is -4.06. The lowest BCUT2D eigenvalue weighted by molar-refractivity contribution is -0.139. The zero-order chi connectivity index (χ0) is 25.3. The molecule has 2 N–H and O–H groups in total. The molecule has 0 saturated heterocycles. The maximum Gasteiger partial charge on any atom is 0.412 e. The molecule has 1 fully saturated rings. The predicted molar refractivity (Wildman–Crippen MR) is 143 cm³/mol. The predicted octanol–water partition coefficient (Wildman–Crippen LogP) is 7.11. The number of carbonyl (C=O) groups is 2. The first-order valence-corrected chi connectivity index (χ1v) is 12.8. The molecule has 1 saturated carbocycles. The molecule has 3 aromatic heterocycles. The van der Waals surface area contributed by atoms with Crippen LogP contribution in [0.4, 0.5) is 10.5 Å². The number of fused-ring (bicyclic) bond motifs is 1. The van der Waals surface area contributed by atoms with E-state index in [1.165, 1.54) is 28.7 Å². The van der Waals surface area contributed by atoms with Crippen molar-refractivity contribution in [2.45, 2.75) is 24.9 Å². The summed E-state index contributed by atoms with van der Waals surface area (Å²) in [6, 6.07) is 13.3. The Bertz CT molecular complexity index is 1530. The minimum Gasteiger partial charge on any atom is -0.481 e. The van der Waals surface area contributed by atoms with Crippen LogP contribution >= 0.6 is 22.7 Å². The Balaban J connectivity index is 1.38. The lowest BCUT2D eigenvalue weighted by Crippen LogP contribution is -2.17. The fourth-order valence-corrected chi connectivity index (χ4v) is 6.32. The van der Waals surface area contributed by atoms with Crippen LogP contribution in [0.1, 0.15) is 45.2 Å². The van der Waals surface area contributed by atoms with Crippen molar-refractivity contribution in [1.82, 2.24) is 0 Å². The van der Waals surface area contributed by atoms with E-state index >= 15 is 0 Å². The van der Waals surface area contributed by atoms with E-state index in [0.717, 1.165) is 24.7 Å². The molecule has 180 valence electrons. The number of hydrogen-bond donors (Lipinski definition) is 2. The first kappa shape index (κ1) is 23.7. The third-order valence-electron chi connectivity index (χ3n) is 5.94. The van der Waals surface area contributed by atoms with E-state index in [9.17, 15) is 14.7 Å². The number of carboxylic acids is 1. The van der Waals surface area contributed by atoms with Crippen molar-refractivity contribution in [3.8, 4) is 11.8 Å². The molecule has 5 rings (SSSR count). The number of nitrogens with one attached hydrogen (secondary N) is 1. The van der Waals surface area contributed by atoms with Crippen LogP contribution in [0.15, 0.2) is 60.0 Å². The van der Waals surface area contributed by atoms with E-state index in [1.54, 1.807) is 6.08 Å². The lowest BCUT2D eigenvalue weighted by Gasteiger charge is -2.07. The highest BCUT2D eigenvalue weighted by atomic mass is 32.1. The third kappa shape index (κ3) is 4.47. The molecule has 0 unspecified atom stereocenters. The van der Waals surface area contributed by atoms with Gasteiger partial charge in [0, 0.05) is 19.8 Å². The van der Waals surface area contributed by atoms with Crippen LogP contribution in [0.2, 0.25) is 0 Å². The van der Waals surface area contributed by atoms with Gasteiger partial charge in [-0.15, -0.1) is 22.7 Å². The second kappa shape index (κ2) is 9.53. The second-order valence-corrected chi connectivity index (χ2v) is 10.4. The number of aliphatic carboxylic acids is 1. The summed E-state index contributed by atoms with van der Waals surface area (Å²) in [6.45, 7) is 7.70. The van der Waals surface area contributed by atoms with Crippen molar-refractivity contribution < 1.29 is 23.8 Å². The molecule has 36 heavy (non-hydrogen) atoms. The number of carboxylic acid groups (broad SMARTS) is 1. The minimum absolute atomic E-state index is 0.125. The maximum atomic E-state index is 12.5. The summed E-state index contributed by atoms with van der Waals surface area (Å²) in [5.41, 5.74) is 1.09. The Morgan fingerprint density at radius 2 is 1.86 bits per heavy atom. The number of anilines is 1. The molecule has 8 heteroatoms. The molecule has 0 aliphatic heterocycles. The Morgan fingerprint density at radius 1 is 1.11 bits per heavy atom. The highest BCUT2D eigenvalue weighted by Crippen LogP contribution is 2.52. The van der Waals surface area contributed by atoms with E-state index in [4.69, 9.17) is 9.15 Å². The number of furan rings is 1. The summed E-state index contributed by atoms with van der Waals surface area (Å²) in [5.74, 6) is 6.04. The SMILES string of the molecule is C=Cc1oc(C#Cc2cc3sc(C4(C(=O)O)CC4)cc3s2)c(NC(=O)OCc2ccccc2)c1C=C. The Kier molecular flexibility index (Phi) is 6.27. The number of carbonyl (C=O) groups excluding carboxylic acids is 1. The first-order valence-electron chi connectivity index (χ1n) is 11.1. The van der Waals surface area contributed by atoms with Crippen molar-refractivity contribution >= 4 is 62.0 Å². The van der Waals surface area contributed by atoms with Gasteiger partial charge in [0.25, 0.3) is 0 Å². The largest absolute Gasteiger partial charge is 0.481 e. The van der Waals surface area contributed by atoms with Crippen molar-refractivity contribution in [1.29, 1.82) is 0 Å². The van der Waals surface area contributed by atoms with E-state index in [-0.39, 0.29) is 12.4 Å². The zero-order valence-corrected chi connectivity index (χ0v) is 20.8. The molecule has 1 aliphatic carbocycles. The van der Waals surface area contributed by atoms with Gasteiger partial charge >= 0.3 is 12.1 Å². The first-order chi connectivity index (χ1) is 17.4. The van der Waals surface area contributed by atoms with Crippen molar-refractivity contribution in [3.63, 3.8) is 0 Å². The average Bonchev–Trinajstić information content (AvgIpc) is 3.32. The average molecular weight is 516 g/mol. The number of thiophene rings is 2. The maximum absolute atomic E-state index is 12.5. The van der Waals surface area contributed by atoms with E-state index in [1.807, 2.05) is 42.5 Å². The van der Waals surface area contributed by atoms with Crippen molar-refractivity contribution in [2.24, 2.45) is 0 Å². The molecular weight excluding hydrogens is 494 g/mol. The van der Waals surface area contributed by atoms with Crippen LogP contribution in [0, 0.1) is 11.8 Å². The lowest BCUT2D eigenvalue weighted by atomic mass is 10.1. The van der Waals surface area contributed by atoms with E-state index < -0.39 is 17.5 Å². The van der Waals surface area contributed by atoms with E-state index in [2.05, 4.69) is 30.3 Å². The molecule has 0 spiro atoms. The number of rotatable bonds is 7. The van der Waals surface area contributed by atoms with Gasteiger partial charge in [-0.1, -0.05) is 49.6 Å². The smallest absolute Gasteiger partial charge is 0.412 e. The van der Waals surface area contributed by atoms with Gasteiger partial charge in [0.1, 0.15) is 23.5 Å². The summed E-state index contributed by atoms with van der Waals surface area (Å²) in [7, 11) is 0. The number of hydrogen-bond acceptors (Lipinski definition) is 6. The van der Waals surface area contributed by atoms with Crippen LogP contribution in [0.3, 0.4) is 0 Å². The molecule has 0 atom stereocenters. The van der Waals surface area contributed by atoms with Gasteiger partial charge in [-0.25, -0.2) is 4.79 Å². The van der Waals surface area contributed by atoms with Crippen LogP contribution in [0.25, 0.3) is 21.6 Å². The van der Waals surface area contributed by atoms with Gasteiger partial charge in [0.05, 0.1) is 4.88 Å². The molecule has 0 radical (unpaired) electrons. The van der Waals surface area contributed by atoms with Gasteiger partial charge in [-0.2, -0.15) is 0 Å². The Morgan fingerprint density at radius 3 is 2.50 bits per heavy atom. The van der Waals surface area contributed by atoms with Gasteiger partial charge in [0.15, 0.2) is 0 Å². The van der Waals surface area contributed by atoms with Gasteiger partial charge in [-0.3, -0.25) is 10.1 Å². The number of benzene rings is 1. The third-order valence-corrected chi connectivity index (χ3v) is 8.35. The topological polar surface area (TPSA) is 88.8 Å². The highest BCUT2D eigenvalue weighted by Gasteiger charge is 2.53. The molecule has 4 aromatic rings. The number of amides is 1. The Labute approximate surface area is 215 Å². The van der Waals surface area contributed by atoms with Gasteiger partial charge < -0.3 is 14.3 Å². The van der Waals surface area contributed by atoms with Crippen LogP contribution < -0.4 is 5.32 Å². The second-order valence-electron chi connectivity index (χ2n) is 8.27. The molecule has 0 bridgehead atoms. The standard InChI is InChI=1S/C28H21NO5S2/c1-3-19-20(4-2)34-21(25(19)29-27(32)33-16-17-8-6-5-7-9-17)11-10-18-14-22-23(35-18)15-24(36-22)28(12-13-28)26(30)31/h3-9,14-15H,1-2,12-13,16H2,(H,29,32)(H,30,31). The number of ether oxygens (including phenoxy) is 1. The van der Waals surface area contributed by atoms with Crippen molar-refractivity contribution in [2.75, 3.05) is 5.32 Å². The highest BCUT2D eigenvalue weighted by molar-refractivity contribution is 7.28. The van der Waals surface area contributed by atoms with Gasteiger partial charge in [0.2, 0.25) is 5.76 Å². The van der Waals surface area contributed by atoms with E-state index in [0.29, 0.717) is 29.9 Å². The summed E-state index contributed by atoms with van der Waals surface area (Å²) in [4.78, 5) is 25.8. The summed E-state index contributed by atoms with van der Waals surface area (Å²) < 4.78 is 13.2. The molecule has 6 nitrogen and oxygen atoms in total.